The van der Waals surface area contributed by atoms with Crippen molar-refractivity contribution in [2.75, 3.05) is 37.9 Å². The summed E-state index contributed by atoms with van der Waals surface area (Å²) in [5.74, 6) is 0.243. The number of anilines is 1. The van der Waals surface area contributed by atoms with Crippen molar-refractivity contribution in [3.8, 4) is 11.5 Å². The average Bonchev–Trinajstić information content (AvgIpc) is 2.84. The van der Waals surface area contributed by atoms with Crippen molar-refractivity contribution in [2.45, 2.75) is 46.7 Å². The first-order chi connectivity index (χ1) is 17.4. The maximum Gasteiger partial charge on any atom is 0.244 e. The Morgan fingerprint density at radius 1 is 1.03 bits per heavy atom. The summed E-state index contributed by atoms with van der Waals surface area (Å²) in [5, 5.41) is 2.91. The summed E-state index contributed by atoms with van der Waals surface area (Å²) in [7, 11) is -0.929. The second-order valence-corrected chi connectivity index (χ2v) is 11.3. The molecule has 1 N–H and O–H groups in total. The summed E-state index contributed by atoms with van der Waals surface area (Å²) in [6, 6.07) is 11.5. The van der Waals surface area contributed by atoms with Crippen LogP contribution in [-0.4, -0.2) is 64.7 Å². The van der Waals surface area contributed by atoms with Crippen LogP contribution in [0.25, 0.3) is 0 Å². The third-order valence-electron chi connectivity index (χ3n) is 5.84. The summed E-state index contributed by atoms with van der Waals surface area (Å²) in [6.45, 7) is 7.92. The maximum atomic E-state index is 13.8. The molecule has 2 amide bonds. The van der Waals surface area contributed by atoms with Crippen molar-refractivity contribution in [3.63, 3.8) is 0 Å². The molecule has 0 saturated heterocycles. The van der Waals surface area contributed by atoms with Crippen molar-refractivity contribution in [3.05, 3.63) is 53.6 Å². The fourth-order valence-electron chi connectivity index (χ4n) is 3.94. The van der Waals surface area contributed by atoms with Gasteiger partial charge in [-0.25, -0.2) is 8.42 Å². The number of ether oxygens (including phenoxy) is 2. The van der Waals surface area contributed by atoms with Gasteiger partial charge in [-0.15, -0.1) is 0 Å². The Balaban J connectivity index is 2.47. The predicted octanol–water partition coefficient (Wildman–Crippen LogP) is 3.36. The van der Waals surface area contributed by atoms with Crippen LogP contribution < -0.4 is 19.1 Å². The molecule has 2 aromatic rings. The van der Waals surface area contributed by atoms with E-state index in [4.69, 9.17) is 9.47 Å². The molecule has 0 fully saturated rings. The van der Waals surface area contributed by atoms with E-state index in [0.717, 1.165) is 21.7 Å². The van der Waals surface area contributed by atoms with Crippen molar-refractivity contribution in [1.29, 1.82) is 0 Å². The van der Waals surface area contributed by atoms with Crippen LogP contribution >= 0.6 is 0 Å². The SMILES string of the molecule is CC[C@@H](C(=O)NCC(C)C)N(Cc1cccc(C)c1)C(=O)CN(c1ccc(OC)c(OC)c1)S(C)(=O)=O. The van der Waals surface area contributed by atoms with Crippen LogP contribution in [0, 0.1) is 12.8 Å². The van der Waals surface area contributed by atoms with Gasteiger partial charge in [0.1, 0.15) is 12.6 Å². The molecule has 10 heteroatoms. The number of methoxy groups -OCH3 is 2. The monoisotopic (exact) mass is 533 g/mol. The standard InChI is InChI=1S/C27H39N3O6S/c1-8-23(27(32)28-16-19(2)3)29(17-21-11-9-10-20(4)14-21)26(31)18-30(37(7,33)34)22-12-13-24(35-5)25(15-22)36-6/h9-15,19,23H,8,16-18H2,1-7H3,(H,28,32)/t23-/m0/s1. The van der Waals surface area contributed by atoms with E-state index in [1.165, 1.54) is 25.2 Å². The number of benzene rings is 2. The molecule has 0 spiro atoms. The number of hydrogen-bond acceptors (Lipinski definition) is 6. The van der Waals surface area contributed by atoms with E-state index < -0.39 is 28.5 Å². The molecule has 1 atom stereocenters. The van der Waals surface area contributed by atoms with Crippen molar-refractivity contribution in [1.82, 2.24) is 10.2 Å². The van der Waals surface area contributed by atoms with Crippen LogP contribution in [0.1, 0.15) is 38.3 Å². The highest BCUT2D eigenvalue weighted by Gasteiger charge is 2.32. The molecule has 2 aromatic carbocycles. The summed E-state index contributed by atoms with van der Waals surface area (Å²) in [5.41, 5.74) is 2.12. The van der Waals surface area contributed by atoms with Gasteiger partial charge in [0, 0.05) is 19.2 Å². The molecule has 0 aliphatic rings. The first-order valence-electron chi connectivity index (χ1n) is 12.2. The first-order valence-corrected chi connectivity index (χ1v) is 14.1. The molecule has 9 nitrogen and oxygen atoms in total. The average molecular weight is 534 g/mol. The number of nitrogens with zero attached hydrogens (tertiary/aromatic N) is 2. The summed E-state index contributed by atoms with van der Waals surface area (Å²) in [6.07, 6.45) is 1.41. The lowest BCUT2D eigenvalue weighted by atomic mass is 10.1. The lowest BCUT2D eigenvalue weighted by Gasteiger charge is -2.33. The summed E-state index contributed by atoms with van der Waals surface area (Å²) in [4.78, 5) is 28.4. The smallest absolute Gasteiger partial charge is 0.244 e. The molecular formula is C27H39N3O6S. The van der Waals surface area contributed by atoms with Gasteiger partial charge in [-0.05, 0) is 37.0 Å². The van der Waals surface area contributed by atoms with E-state index in [0.29, 0.717) is 24.5 Å². The number of amides is 2. The number of carbonyl (C=O) groups excluding carboxylic acids is 2. The zero-order chi connectivity index (χ0) is 27.8. The number of hydrogen-bond donors (Lipinski definition) is 1. The molecule has 0 saturated carbocycles. The van der Waals surface area contributed by atoms with Crippen LogP contribution in [0.2, 0.25) is 0 Å². The Bertz CT molecular complexity index is 1180. The number of aryl methyl sites for hydroxylation is 1. The quantitative estimate of drug-likeness (QED) is 0.423. The van der Waals surface area contributed by atoms with Crippen LogP contribution in [-0.2, 0) is 26.2 Å². The lowest BCUT2D eigenvalue weighted by Crippen LogP contribution is -2.52. The third-order valence-corrected chi connectivity index (χ3v) is 6.98. The fourth-order valence-corrected chi connectivity index (χ4v) is 4.78. The van der Waals surface area contributed by atoms with Gasteiger partial charge >= 0.3 is 0 Å². The molecule has 0 aliphatic carbocycles. The Morgan fingerprint density at radius 2 is 1.70 bits per heavy atom. The molecule has 0 unspecified atom stereocenters. The van der Waals surface area contributed by atoms with E-state index in [2.05, 4.69) is 5.32 Å². The van der Waals surface area contributed by atoms with Gasteiger partial charge in [-0.3, -0.25) is 13.9 Å². The molecule has 0 aliphatic heterocycles. The van der Waals surface area contributed by atoms with E-state index in [9.17, 15) is 18.0 Å². The van der Waals surface area contributed by atoms with Crippen LogP contribution in [0.15, 0.2) is 42.5 Å². The van der Waals surface area contributed by atoms with E-state index in [-0.39, 0.29) is 24.1 Å². The highest BCUT2D eigenvalue weighted by Crippen LogP contribution is 2.32. The Hall–Kier alpha value is -3.27. The van der Waals surface area contributed by atoms with E-state index in [1.54, 1.807) is 12.1 Å². The lowest BCUT2D eigenvalue weighted by molar-refractivity contribution is -0.140. The maximum absolute atomic E-state index is 13.8. The second kappa shape index (κ2) is 13.3. The fraction of sp³-hybridized carbons (Fsp3) is 0.481. The Morgan fingerprint density at radius 3 is 2.24 bits per heavy atom. The Labute approximate surface area is 220 Å². The number of rotatable bonds is 13. The van der Waals surface area contributed by atoms with Gasteiger partial charge in [0.2, 0.25) is 21.8 Å². The van der Waals surface area contributed by atoms with E-state index >= 15 is 0 Å². The van der Waals surface area contributed by atoms with Crippen LogP contribution in [0.3, 0.4) is 0 Å². The minimum Gasteiger partial charge on any atom is -0.493 e. The number of sulfonamides is 1. The molecule has 0 bridgehead atoms. The van der Waals surface area contributed by atoms with Gasteiger partial charge in [0.25, 0.3) is 0 Å². The molecule has 0 heterocycles. The topological polar surface area (TPSA) is 105 Å². The Kier molecular flexibility index (Phi) is 10.8. The highest BCUT2D eigenvalue weighted by molar-refractivity contribution is 7.92. The predicted molar refractivity (Wildman–Crippen MR) is 145 cm³/mol. The largest absolute Gasteiger partial charge is 0.493 e. The molecule has 0 radical (unpaired) electrons. The molecule has 2 rings (SSSR count). The minimum absolute atomic E-state index is 0.164. The number of carbonyl (C=O) groups is 2. The summed E-state index contributed by atoms with van der Waals surface area (Å²) < 4.78 is 37.2. The van der Waals surface area contributed by atoms with Gasteiger partial charge in [-0.2, -0.15) is 0 Å². The van der Waals surface area contributed by atoms with Crippen LogP contribution in [0.4, 0.5) is 5.69 Å². The number of nitrogens with one attached hydrogen (secondary N) is 1. The van der Waals surface area contributed by atoms with Gasteiger partial charge in [0.05, 0.1) is 26.2 Å². The zero-order valence-electron chi connectivity index (χ0n) is 22.8. The molecule has 37 heavy (non-hydrogen) atoms. The van der Waals surface area contributed by atoms with Crippen molar-refractivity contribution in [2.24, 2.45) is 5.92 Å². The second-order valence-electron chi connectivity index (χ2n) is 9.38. The van der Waals surface area contributed by atoms with Crippen molar-refractivity contribution >= 4 is 27.5 Å². The summed E-state index contributed by atoms with van der Waals surface area (Å²) >= 11 is 0. The van der Waals surface area contributed by atoms with Crippen molar-refractivity contribution < 1.29 is 27.5 Å². The van der Waals surface area contributed by atoms with Gasteiger partial charge in [0.15, 0.2) is 11.5 Å². The first kappa shape index (κ1) is 30.0. The zero-order valence-corrected chi connectivity index (χ0v) is 23.6. The normalized spacial score (nSPS) is 12.1. The highest BCUT2D eigenvalue weighted by atomic mass is 32.2. The van der Waals surface area contributed by atoms with Crippen LogP contribution in [0.5, 0.6) is 11.5 Å². The minimum atomic E-state index is -3.86. The molecule has 0 aromatic heterocycles. The van der Waals surface area contributed by atoms with Gasteiger partial charge in [-0.1, -0.05) is 50.6 Å². The van der Waals surface area contributed by atoms with E-state index in [1.807, 2.05) is 52.0 Å². The molecule has 204 valence electrons. The third kappa shape index (κ3) is 8.38. The molecular weight excluding hydrogens is 494 g/mol. The van der Waals surface area contributed by atoms with Gasteiger partial charge < -0.3 is 19.7 Å².